The number of aromatic nitrogens is 1. The highest BCUT2D eigenvalue weighted by Gasteiger charge is 2.35. The van der Waals surface area contributed by atoms with Gasteiger partial charge in [-0.1, -0.05) is 5.16 Å². The third-order valence-electron chi connectivity index (χ3n) is 5.03. The van der Waals surface area contributed by atoms with E-state index in [1.807, 2.05) is 0 Å². The Morgan fingerprint density at radius 3 is 2.56 bits per heavy atom. The number of sulfonamides is 1. The molecule has 8 nitrogen and oxygen atoms in total. The Hall–Kier alpha value is -1.45. The molecule has 2 aliphatic heterocycles. The summed E-state index contributed by atoms with van der Waals surface area (Å²) >= 11 is 0. The van der Waals surface area contributed by atoms with E-state index in [0.29, 0.717) is 37.4 Å². The SMILES string of the molecule is Cc1noc(C)c1S(=O)(=O)N1CCC(C(=O)NC2CCCNC2)CC1. The van der Waals surface area contributed by atoms with Gasteiger partial charge in [0.25, 0.3) is 0 Å². The summed E-state index contributed by atoms with van der Waals surface area (Å²) in [5, 5.41) is 10.1. The van der Waals surface area contributed by atoms with Crippen molar-refractivity contribution in [2.75, 3.05) is 26.2 Å². The summed E-state index contributed by atoms with van der Waals surface area (Å²) in [5.74, 6) is 0.225. The van der Waals surface area contributed by atoms with Gasteiger partial charge in [0.05, 0.1) is 0 Å². The van der Waals surface area contributed by atoms with E-state index in [-0.39, 0.29) is 22.8 Å². The summed E-state index contributed by atoms with van der Waals surface area (Å²) in [6.07, 6.45) is 3.14. The quantitative estimate of drug-likeness (QED) is 0.802. The van der Waals surface area contributed by atoms with Gasteiger partial charge in [0.2, 0.25) is 15.9 Å². The van der Waals surface area contributed by atoms with E-state index in [1.54, 1.807) is 13.8 Å². The zero-order chi connectivity index (χ0) is 18.0. The Labute approximate surface area is 148 Å². The van der Waals surface area contributed by atoms with E-state index in [2.05, 4.69) is 15.8 Å². The number of hydrogen-bond acceptors (Lipinski definition) is 6. The van der Waals surface area contributed by atoms with Crippen molar-refractivity contribution in [2.45, 2.75) is 50.5 Å². The Morgan fingerprint density at radius 1 is 1.28 bits per heavy atom. The fraction of sp³-hybridized carbons (Fsp3) is 0.750. The molecule has 3 heterocycles. The lowest BCUT2D eigenvalue weighted by Gasteiger charge is -2.32. The maximum atomic E-state index is 12.8. The lowest BCUT2D eigenvalue weighted by molar-refractivity contribution is -0.126. The molecule has 1 aromatic heterocycles. The van der Waals surface area contributed by atoms with Crippen LogP contribution in [0.4, 0.5) is 0 Å². The molecule has 0 aromatic carbocycles. The van der Waals surface area contributed by atoms with Crippen LogP contribution in [0, 0.1) is 19.8 Å². The van der Waals surface area contributed by atoms with Gasteiger partial charge < -0.3 is 15.2 Å². The standard InChI is InChI=1S/C16H26N4O4S/c1-11-15(12(2)24-19-11)25(22,23)20-8-5-13(6-9-20)16(21)18-14-4-3-7-17-10-14/h13-14,17H,3-10H2,1-2H3,(H,18,21). The van der Waals surface area contributed by atoms with Gasteiger partial charge in [-0.15, -0.1) is 0 Å². The van der Waals surface area contributed by atoms with Crippen molar-refractivity contribution in [3.05, 3.63) is 11.5 Å². The second-order valence-corrected chi connectivity index (χ2v) is 8.76. The number of amides is 1. The van der Waals surface area contributed by atoms with Crippen molar-refractivity contribution < 1.29 is 17.7 Å². The molecule has 0 spiro atoms. The minimum absolute atomic E-state index is 0.0445. The Kier molecular flexibility index (Phi) is 5.45. The van der Waals surface area contributed by atoms with Crippen LogP contribution in [0.25, 0.3) is 0 Å². The summed E-state index contributed by atoms with van der Waals surface area (Å²) in [6.45, 7) is 5.73. The molecule has 25 heavy (non-hydrogen) atoms. The molecule has 1 amide bonds. The predicted molar refractivity (Wildman–Crippen MR) is 91.5 cm³/mol. The molecule has 0 aliphatic carbocycles. The molecule has 3 rings (SSSR count). The minimum atomic E-state index is -3.62. The number of rotatable bonds is 4. The molecule has 0 bridgehead atoms. The Balaban J connectivity index is 1.59. The van der Waals surface area contributed by atoms with Crippen molar-refractivity contribution in [3.8, 4) is 0 Å². The third-order valence-corrected chi connectivity index (χ3v) is 7.18. The molecule has 1 atom stereocenters. The molecule has 140 valence electrons. The van der Waals surface area contributed by atoms with Gasteiger partial charge in [-0.2, -0.15) is 4.31 Å². The molecule has 2 aliphatic rings. The van der Waals surface area contributed by atoms with Gasteiger partial charge in [0.1, 0.15) is 10.6 Å². The lowest BCUT2D eigenvalue weighted by Crippen LogP contribution is -2.49. The van der Waals surface area contributed by atoms with Gasteiger partial charge in [0, 0.05) is 31.6 Å². The summed E-state index contributed by atoms with van der Waals surface area (Å²) < 4.78 is 32.0. The first-order chi connectivity index (χ1) is 11.9. The average Bonchev–Trinajstić information content (AvgIpc) is 2.95. The molecule has 1 aromatic rings. The van der Waals surface area contributed by atoms with E-state index < -0.39 is 10.0 Å². The highest BCUT2D eigenvalue weighted by molar-refractivity contribution is 7.89. The van der Waals surface area contributed by atoms with Gasteiger partial charge in [0.15, 0.2) is 5.76 Å². The monoisotopic (exact) mass is 370 g/mol. The van der Waals surface area contributed by atoms with Crippen LogP contribution < -0.4 is 10.6 Å². The number of aryl methyl sites for hydroxylation is 2. The van der Waals surface area contributed by atoms with E-state index in [1.165, 1.54) is 4.31 Å². The van der Waals surface area contributed by atoms with Crippen LogP contribution in [0.15, 0.2) is 9.42 Å². The molecule has 2 saturated heterocycles. The maximum absolute atomic E-state index is 12.8. The number of carbonyl (C=O) groups is 1. The van der Waals surface area contributed by atoms with Crippen LogP contribution in [0.1, 0.15) is 37.1 Å². The number of carbonyl (C=O) groups excluding carboxylic acids is 1. The molecule has 2 fully saturated rings. The normalized spacial score (nSPS) is 23.5. The lowest BCUT2D eigenvalue weighted by atomic mass is 9.96. The van der Waals surface area contributed by atoms with E-state index >= 15 is 0 Å². The number of piperidine rings is 2. The Morgan fingerprint density at radius 2 is 2.00 bits per heavy atom. The second-order valence-electron chi connectivity index (χ2n) is 6.88. The molecule has 0 radical (unpaired) electrons. The molecule has 9 heteroatoms. The van der Waals surface area contributed by atoms with Crippen molar-refractivity contribution in [2.24, 2.45) is 5.92 Å². The first-order valence-corrected chi connectivity index (χ1v) is 10.3. The van der Waals surface area contributed by atoms with Crippen LogP contribution >= 0.6 is 0 Å². The number of nitrogens with one attached hydrogen (secondary N) is 2. The third kappa shape index (κ3) is 3.88. The van der Waals surface area contributed by atoms with Gasteiger partial charge in [-0.3, -0.25) is 4.79 Å². The highest BCUT2D eigenvalue weighted by atomic mass is 32.2. The zero-order valence-electron chi connectivity index (χ0n) is 14.7. The molecular formula is C16H26N4O4S. The fourth-order valence-corrected chi connectivity index (χ4v) is 5.39. The van der Waals surface area contributed by atoms with Crippen molar-refractivity contribution in [1.82, 2.24) is 20.1 Å². The number of nitrogens with zero attached hydrogens (tertiary/aromatic N) is 2. The summed E-state index contributed by atoms with van der Waals surface area (Å²) in [6, 6.07) is 0.185. The largest absolute Gasteiger partial charge is 0.360 e. The predicted octanol–water partition coefficient (Wildman–Crippen LogP) is 0.560. The van der Waals surface area contributed by atoms with E-state index in [9.17, 15) is 13.2 Å². The molecular weight excluding hydrogens is 344 g/mol. The van der Waals surface area contributed by atoms with Crippen LogP contribution in [-0.4, -0.2) is 56.0 Å². The maximum Gasteiger partial charge on any atom is 0.248 e. The fourth-order valence-electron chi connectivity index (χ4n) is 3.62. The topological polar surface area (TPSA) is 105 Å². The minimum Gasteiger partial charge on any atom is -0.360 e. The van der Waals surface area contributed by atoms with Crippen LogP contribution in [-0.2, 0) is 14.8 Å². The van der Waals surface area contributed by atoms with Crippen LogP contribution in [0.3, 0.4) is 0 Å². The number of hydrogen-bond donors (Lipinski definition) is 2. The van der Waals surface area contributed by atoms with E-state index in [0.717, 1.165) is 25.9 Å². The smallest absolute Gasteiger partial charge is 0.248 e. The van der Waals surface area contributed by atoms with Crippen molar-refractivity contribution in [3.63, 3.8) is 0 Å². The summed E-state index contributed by atoms with van der Waals surface area (Å²) in [5.41, 5.74) is 0.377. The Bertz CT molecular complexity index is 697. The first kappa shape index (κ1) is 18.3. The van der Waals surface area contributed by atoms with E-state index in [4.69, 9.17) is 4.52 Å². The second kappa shape index (κ2) is 7.43. The van der Waals surface area contributed by atoms with Gasteiger partial charge in [-0.25, -0.2) is 8.42 Å². The molecule has 2 N–H and O–H groups in total. The van der Waals surface area contributed by atoms with Crippen molar-refractivity contribution >= 4 is 15.9 Å². The summed E-state index contributed by atoms with van der Waals surface area (Å²) in [4.78, 5) is 12.6. The van der Waals surface area contributed by atoms with Gasteiger partial charge in [-0.05, 0) is 46.1 Å². The molecule has 1 unspecified atom stereocenters. The highest BCUT2D eigenvalue weighted by Crippen LogP contribution is 2.27. The van der Waals surface area contributed by atoms with Crippen molar-refractivity contribution in [1.29, 1.82) is 0 Å². The first-order valence-electron chi connectivity index (χ1n) is 8.83. The van der Waals surface area contributed by atoms with Crippen LogP contribution in [0.2, 0.25) is 0 Å². The summed E-state index contributed by atoms with van der Waals surface area (Å²) in [7, 11) is -3.62. The average molecular weight is 370 g/mol. The van der Waals surface area contributed by atoms with Crippen LogP contribution in [0.5, 0.6) is 0 Å². The molecule has 0 saturated carbocycles. The zero-order valence-corrected chi connectivity index (χ0v) is 15.6. The van der Waals surface area contributed by atoms with Gasteiger partial charge >= 0.3 is 0 Å².